The van der Waals surface area contributed by atoms with Crippen LogP contribution in [0, 0.1) is 0 Å². The fourth-order valence-electron chi connectivity index (χ4n) is 2.37. The summed E-state index contributed by atoms with van der Waals surface area (Å²) in [6.07, 6.45) is 1.11. The first-order chi connectivity index (χ1) is 9.42. The lowest BCUT2D eigenvalue weighted by Crippen LogP contribution is -2.57. The van der Waals surface area contributed by atoms with E-state index in [0.29, 0.717) is 19.4 Å². The molecule has 1 heterocycles. The first kappa shape index (κ1) is 15.0. The van der Waals surface area contributed by atoms with Crippen LogP contribution in [0.1, 0.15) is 18.4 Å². The molecule has 0 aliphatic carbocycles. The van der Waals surface area contributed by atoms with E-state index in [9.17, 15) is 14.7 Å². The molecule has 6 heteroatoms. The van der Waals surface area contributed by atoms with Gasteiger partial charge in [0, 0.05) is 11.0 Å². The highest BCUT2D eigenvalue weighted by Gasteiger charge is 2.40. The Bertz CT molecular complexity index is 535. The van der Waals surface area contributed by atoms with Gasteiger partial charge in [-0.15, -0.1) is 0 Å². The molecule has 1 unspecified atom stereocenters. The van der Waals surface area contributed by atoms with Gasteiger partial charge in [0.1, 0.15) is 0 Å². The Labute approximate surface area is 125 Å². The molecule has 1 fully saturated rings. The number of likely N-dealkylation sites (tertiary alicyclic amines) is 1. The first-order valence-corrected chi connectivity index (χ1v) is 7.25. The van der Waals surface area contributed by atoms with Gasteiger partial charge in [0.15, 0.2) is 5.60 Å². The van der Waals surface area contributed by atoms with E-state index in [1.165, 1.54) is 4.90 Å². The number of hydrogen-bond donors (Lipinski definition) is 2. The van der Waals surface area contributed by atoms with Gasteiger partial charge >= 0.3 is 0 Å². The second-order valence-electron chi connectivity index (χ2n) is 5.08. The van der Waals surface area contributed by atoms with E-state index < -0.39 is 11.5 Å². The van der Waals surface area contributed by atoms with Gasteiger partial charge in [-0.1, -0.05) is 34.1 Å². The van der Waals surface area contributed by atoms with Crippen LogP contribution in [0.5, 0.6) is 0 Å². The number of primary amides is 1. The normalized spacial score (nSPS) is 22.6. The summed E-state index contributed by atoms with van der Waals surface area (Å²) in [5.41, 5.74) is 4.49. The molecule has 1 aromatic carbocycles. The lowest BCUT2D eigenvalue weighted by molar-refractivity contribution is -0.148. The maximum atomic E-state index is 12.3. The zero-order chi connectivity index (χ0) is 14.8. The van der Waals surface area contributed by atoms with Crippen molar-refractivity contribution >= 4 is 27.7 Å². The summed E-state index contributed by atoms with van der Waals surface area (Å²) in [7, 11) is 0. The molecule has 3 N–H and O–H groups in total. The maximum absolute atomic E-state index is 12.3. The van der Waals surface area contributed by atoms with E-state index in [1.807, 2.05) is 24.3 Å². The standard InChI is InChI=1S/C14H17BrN2O3/c15-11-5-2-1-4-10(11)8-12(18)17-7-3-6-14(20,9-17)13(16)19/h1-2,4-5,20H,3,6-9H2,(H2,16,19). The summed E-state index contributed by atoms with van der Waals surface area (Å²) in [6, 6.07) is 7.49. The number of aliphatic hydroxyl groups is 1. The Morgan fingerprint density at radius 3 is 2.75 bits per heavy atom. The molecule has 2 rings (SSSR count). The zero-order valence-corrected chi connectivity index (χ0v) is 12.6. The number of rotatable bonds is 3. The van der Waals surface area contributed by atoms with Crippen molar-refractivity contribution < 1.29 is 14.7 Å². The van der Waals surface area contributed by atoms with E-state index in [0.717, 1.165) is 10.0 Å². The third kappa shape index (κ3) is 3.19. The van der Waals surface area contributed by atoms with E-state index in [4.69, 9.17) is 5.73 Å². The number of piperidine rings is 1. The van der Waals surface area contributed by atoms with Crippen molar-refractivity contribution in [3.63, 3.8) is 0 Å². The van der Waals surface area contributed by atoms with Crippen molar-refractivity contribution in [1.82, 2.24) is 4.90 Å². The molecule has 0 spiro atoms. The summed E-state index contributed by atoms with van der Waals surface area (Å²) in [5.74, 6) is -0.882. The van der Waals surface area contributed by atoms with Crippen molar-refractivity contribution in [1.29, 1.82) is 0 Å². The molecular weight excluding hydrogens is 324 g/mol. The molecule has 20 heavy (non-hydrogen) atoms. The second-order valence-corrected chi connectivity index (χ2v) is 5.94. The average molecular weight is 341 g/mol. The Hall–Kier alpha value is -1.40. The van der Waals surface area contributed by atoms with Gasteiger partial charge in [0.05, 0.1) is 13.0 Å². The molecule has 1 aromatic rings. The van der Waals surface area contributed by atoms with Gasteiger partial charge in [-0.2, -0.15) is 0 Å². The fraction of sp³-hybridized carbons (Fsp3) is 0.429. The summed E-state index contributed by atoms with van der Waals surface area (Å²) >= 11 is 3.40. The van der Waals surface area contributed by atoms with Crippen molar-refractivity contribution in [2.75, 3.05) is 13.1 Å². The molecule has 1 aliphatic heterocycles. The molecule has 0 bridgehead atoms. The molecule has 0 aromatic heterocycles. The smallest absolute Gasteiger partial charge is 0.251 e. The highest BCUT2D eigenvalue weighted by molar-refractivity contribution is 9.10. The number of nitrogens with zero attached hydrogens (tertiary/aromatic N) is 1. The molecule has 2 amide bonds. The van der Waals surface area contributed by atoms with E-state index in [2.05, 4.69) is 15.9 Å². The largest absolute Gasteiger partial charge is 0.378 e. The lowest BCUT2D eigenvalue weighted by Gasteiger charge is -2.37. The number of hydrogen-bond acceptors (Lipinski definition) is 3. The topological polar surface area (TPSA) is 83.6 Å². The summed E-state index contributed by atoms with van der Waals surface area (Å²) < 4.78 is 0.871. The quantitative estimate of drug-likeness (QED) is 0.854. The lowest BCUT2D eigenvalue weighted by atomic mass is 9.92. The van der Waals surface area contributed by atoms with Crippen LogP contribution in [0.3, 0.4) is 0 Å². The number of β-amino-alcohol motifs (C(OH)–C–C–N with tert-alkyl or cyclic N) is 1. The Morgan fingerprint density at radius 1 is 1.40 bits per heavy atom. The third-order valence-corrected chi connectivity index (χ3v) is 4.36. The van der Waals surface area contributed by atoms with Gasteiger partial charge in [-0.3, -0.25) is 9.59 Å². The van der Waals surface area contributed by atoms with Gasteiger partial charge in [0.2, 0.25) is 5.91 Å². The number of nitrogens with two attached hydrogens (primary N) is 1. The molecule has 5 nitrogen and oxygen atoms in total. The van der Waals surface area contributed by atoms with Crippen LogP contribution in [-0.2, 0) is 16.0 Å². The third-order valence-electron chi connectivity index (χ3n) is 3.58. The number of amides is 2. The molecule has 0 saturated carbocycles. The summed E-state index contributed by atoms with van der Waals surface area (Å²) in [5, 5.41) is 10.1. The van der Waals surface area contributed by atoms with Crippen molar-refractivity contribution in [3.8, 4) is 0 Å². The fourth-order valence-corrected chi connectivity index (χ4v) is 2.79. The maximum Gasteiger partial charge on any atom is 0.251 e. The van der Waals surface area contributed by atoms with E-state index in [1.54, 1.807) is 0 Å². The second kappa shape index (κ2) is 5.93. The number of halogens is 1. The predicted octanol–water partition coefficient (Wildman–Crippen LogP) is 0.830. The van der Waals surface area contributed by atoms with Crippen molar-refractivity contribution in [2.24, 2.45) is 5.73 Å². The van der Waals surface area contributed by atoms with Gasteiger partial charge in [0.25, 0.3) is 5.91 Å². The highest BCUT2D eigenvalue weighted by Crippen LogP contribution is 2.23. The molecular formula is C14H17BrN2O3. The molecule has 1 saturated heterocycles. The Morgan fingerprint density at radius 2 is 2.10 bits per heavy atom. The Kier molecular flexibility index (Phi) is 4.45. The van der Waals surface area contributed by atoms with E-state index >= 15 is 0 Å². The van der Waals surface area contributed by atoms with Gasteiger partial charge < -0.3 is 15.7 Å². The van der Waals surface area contributed by atoms with Crippen LogP contribution in [-0.4, -0.2) is 40.5 Å². The summed E-state index contributed by atoms with van der Waals surface area (Å²) in [6.45, 7) is 0.518. The molecule has 0 radical (unpaired) electrons. The molecule has 1 aliphatic rings. The molecule has 108 valence electrons. The zero-order valence-electron chi connectivity index (χ0n) is 11.0. The van der Waals surface area contributed by atoms with Crippen LogP contribution < -0.4 is 5.73 Å². The monoisotopic (exact) mass is 340 g/mol. The van der Waals surface area contributed by atoms with Crippen molar-refractivity contribution in [3.05, 3.63) is 34.3 Å². The predicted molar refractivity (Wildman–Crippen MR) is 77.8 cm³/mol. The SMILES string of the molecule is NC(=O)C1(O)CCCN(C(=O)Cc2ccccc2Br)C1. The minimum absolute atomic E-state index is 0.0222. The number of benzene rings is 1. The molecule has 1 atom stereocenters. The highest BCUT2D eigenvalue weighted by atomic mass is 79.9. The Balaban J connectivity index is 2.06. The van der Waals surface area contributed by atoms with Crippen LogP contribution in [0.2, 0.25) is 0 Å². The van der Waals surface area contributed by atoms with Gasteiger partial charge in [-0.25, -0.2) is 0 Å². The number of carbonyl (C=O) groups excluding carboxylic acids is 2. The van der Waals surface area contributed by atoms with Crippen LogP contribution >= 0.6 is 15.9 Å². The first-order valence-electron chi connectivity index (χ1n) is 6.46. The number of carbonyl (C=O) groups is 2. The van der Waals surface area contributed by atoms with Crippen LogP contribution in [0.25, 0.3) is 0 Å². The minimum atomic E-state index is -1.60. The summed E-state index contributed by atoms with van der Waals surface area (Å²) in [4.78, 5) is 25.1. The van der Waals surface area contributed by atoms with Crippen LogP contribution in [0.15, 0.2) is 28.7 Å². The minimum Gasteiger partial charge on any atom is -0.378 e. The van der Waals surface area contributed by atoms with Gasteiger partial charge in [-0.05, 0) is 24.5 Å². The average Bonchev–Trinajstić information content (AvgIpc) is 2.41. The van der Waals surface area contributed by atoms with E-state index in [-0.39, 0.29) is 18.9 Å². The van der Waals surface area contributed by atoms with Crippen molar-refractivity contribution in [2.45, 2.75) is 24.9 Å². The van der Waals surface area contributed by atoms with Crippen LogP contribution in [0.4, 0.5) is 0 Å².